The molecular formula is C27H38N6. The molecule has 2 atom stereocenters. The molecule has 176 valence electrons. The van der Waals surface area contributed by atoms with Crippen LogP contribution < -0.4 is 0 Å². The summed E-state index contributed by atoms with van der Waals surface area (Å²) in [6.07, 6.45) is 9.92. The van der Waals surface area contributed by atoms with Crippen LogP contribution in [0, 0.1) is 6.92 Å². The molecule has 3 aromatic rings. The van der Waals surface area contributed by atoms with Gasteiger partial charge in [-0.3, -0.25) is 9.88 Å². The highest BCUT2D eigenvalue weighted by Gasteiger charge is 2.34. The van der Waals surface area contributed by atoms with Gasteiger partial charge in [-0.1, -0.05) is 12.1 Å². The van der Waals surface area contributed by atoms with Crippen LogP contribution in [0.1, 0.15) is 60.4 Å². The maximum absolute atomic E-state index is 5.19. The molecule has 2 fully saturated rings. The maximum Gasteiger partial charge on any atom is 0.137 e. The number of likely N-dealkylation sites (N-methyl/N-ethyl adjacent to an activating group) is 1. The summed E-state index contributed by atoms with van der Waals surface area (Å²) < 4.78 is 2.34. The van der Waals surface area contributed by atoms with Crippen LogP contribution in [0.5, 0.6) is 0 Å². The lowest BCUT2D eigenvalue weighted by Gasteiger charge is -2.39. The third-order valence-corrected chi connectivity index (χ3v) is 7.76. The van der Waals surface area contributed by atoms with E-state index in [0.717, 1.165) is 24.9 Å². The van der Waals surface area contributed by atoms with Crippen molar-refractivity contribution in [3.05, 3.63) is 65.4 Å². The number of aromatic nitrogens is 3. The Kier molecular flexibility index (Phi) is 6.76. The zero-order valence-corrected chi connectivity index (χ0v) is 20.5. The number of hydrogen-bond donors (Lipinski definition) is 0. The van der Waals surface area contributed by atoms with Crippen molar-refractivity contribution in [2.24, 2.45) is 0 Å². The highest BCUT2D eigenvalue weighted by molar-refractivity contribution is 5.44. The van der Waals surface area contributed by atoms with E-state index in [1.54, 1.807) is 0 Å². The van der Waals surface area contributed by atoms with Gasteiger partial charge in [0.05, 0.1) is 23.5 Å². The SMILES string of the molecule is Cc1cccnc1[C@H]1CCC[C@@H](c2nc3ccccn3c2CCCN2CCN(C)CC2)N1C. The predicted molar refractivity (Wildman–Crippen MR) is 134 cm³/mol. The summed E-state index contributed by atoms with van der Waals surface area (Å²) in [7, 11) is 4.50. The molecule has 0 radical (unpaired) electrons. The number of pyridine rings is 2. The number of piperidine rings is 1. The van der Waals surface area contributed by atoms with Crippen molar-refractivity contribution in [2.75, 3.05) is 46.8 Å². The van der Waals surface area contributed by atoms with Crippen molar-refractivity contribution in [1.29, 1.82) is 0 Å². The van der Waals surface area contributed by atoms with Crippen LogP contribution in [0.15, 0.2) is 42.7 Å². The molecule has 0 aromatic carbocycles. The summed E-state index contributed by atoms with van der Waals surface area (Å²) in [6.45, 7) is 8.10. The number of aryl methyl sites for hydroxylation is 2. The van der Waals surface area contributed by atoms with Gasteiger partial charge < -0.3 is 14.2 Å². The first-order valence-corrected chi connectivity index (χ1v) is 12.6. The minimum absolute atomic E-state index is 0.337. The summed E-state index contributed by atoms with van der Waals surface area (Å²) in [6, 6.07) is 11.3. The molecule has 5 heterocycles. The standard InChI is InChI=1S/C27H38N6/c1-21-9-7-14-28-26(21)22-10-6-11-23(31(22)3)27-24(33-16-5-4-13-25(33)29-27)12-8-15-32-19-17-30(2)18-20-32/h4-5,7,9,13-14,16,22-23H,6,8,10-12,15,17-20H2,1-3H3/t22-,23+/m1/s1. The molecule has 5 rings (SSSR count). The molecule has 0 bridgehead atoms. The lowest BCUT2D eigenvalue weighted by molar-refractivity contribution is 0.108. The van der Waals surface area contributed by atoms with Crippen LogP contribution in [-0.4, -0.2) is 75.9 Å². The van der Waals surface area contributed by atoms with Gasteiger partial charge in [-0.2, -0.15) is 0 Å². The molecule has 0 aliphatic carbocycles. The number of rotatable bonds is 6. The van der Waals surface area contributed by atoms with Gasteiger partial charge in [0.2, 0.25) is 0 Å². The number of likely N-dealkylation sites (tertiary alicyclic amines) is 1. The molecule has 6 heteroatoms. The fourth-order valence-corrected chi connectivity index (χ4v) is 5.76. The number of piperazine rings is 1. The molecule has 0 N–H and O–H groups in total. The van der Waals surface area contributed by atoms with E-state index in [0.29, 0.717) is 12.1 Å². The van der Waals surface area contributed by atoms with Gasteiger partial charge in [-0.25, -0.2) is 4.98 Å². The summed E-state index contributed by atoms with van der Waals surface area (Å²) in [4.78, 5) is 17.6. The van der Waals surface area contributed by atoms with Gasteiger partial charge in [0.15, 0.2) is 0 Å². The average molecular weight is 447 g/mol. The minimum Gasteiger partial charge on any atom is -0.304 e. The second-order valence-corrected chi connectivity index (χ2v) is 9.95. The first kappa shape index (κ1) is 22.5. The Balaban J connectivity index is 1.38. The Labute approximate surface area is 198 Å². The van der Waals surface area contributed by atoms with E-state index in [1.165, 1.54) is 68.2 Å². The maximum atomic E-state index is 5.19. The first-order chi connectivity index (χ1) is 16.1. The monoisotopic (exact) mass is 446 g/mol. The fraction of sp³-hybridized carbons (Fsp3) is 0.556. The smallest absolute Gasteiger partial charge is 0.137 e. The van der Waals surface area contributed by atoms with E-state index < -0.39 is 0 Å². The molecule has 2 saturated heterocycles. The largest absolute Gasteiger partial charge is 0.304 e. The quantitative estimate of drug-likeness (QED) is 0.570. The van der Waals surface area contributed by atoms with Gasteiger partial charge in [0.25, 0.3) is 0 Å². The summed E-state index contributed by atoms with van der Waals surface area (Å²) in [5, 5.41) is 0. The lowest BCUT2D eigenvalue weighted by Crippen LogP contribution is -2.44. The topological polar surface area (TPSA) is 39.9 Å². The summed E-state index contributed by atoms with van der Waals surface area (Å²) >= 11 is 0. The molecule has 2 aliphatic rings. The number of hydrogen-bond acceptors (Lipinski definition) is 5. The third-order valence-electron chi connectivity index (χ3n) is 7.76. The van der Waals surface area contributed by atoms with Crippen molar-refractivity contribution in [3.63, 3.8) is 0 Å². The Morgan fingerprint density at radius 2 is 1.73 bits per heavy atom. The Hall–Kier alpha value is -2.28. The molecule has 0 saturated carbocycles. The van der Waals surface area contributed by atoms with Crippen molar-refractivity contribution in [1.82, 2.24) is 29.1 Å². The molecule has 3 aromatic heterocycles. The molecule has 2 aliphatic heterocycles. The highest BCUT2D eigenvalue weighted by Crippen LogP contribution is 2.41. The van der Waals surface area contributed by atoms with E-state index in [9.17, 15) is 0 Å². The third kappa shape index (κ3) is 4.70. The van der Waals surface area contributed by atoms with E-state index in [1.807, 2.05) is 12.3 Å². The zero-order valence-electron chi connectivity index (χ0n) is 20.5. The van der Waals surface area contributed by atoms with Crippen molar-refractivity contribution >= 4 is 5.65 Å². The van der Waals surface area contributed by atoms with E-state index in [2.05, 4.69) is 70.6 Å². The first-order valence-electron chi connectivity index (χ1n) is 12.6. The van der Waals surface area contributed by atoms with Gasteiger partial charge in [-0.05, 0) is 83.4 Å². The Morgan fingerprint density at radius 3 is 2.52 bits per heavy atom. The number of nitrogens with zero attached hydrogens (tertiary/aromatic N) is 6. The van der Waals surface area contributed by atoms with Crippen LogP contribution in [0.4, 0.5) is 0 Å². The molecule has 0 spiro atoms. The molecule has 33 heavy (non-hydrogen) atoms. The van der Waals surface area contributed by atoms with E-state index >= 15 is 0 Å². The van der Waals surface area contributed by atoms with Crippen LogP contribution >= 0.6 is 0 Å². The van der Waals surface area contributed by atoms with Gasteiger partial charge >= 0.3 is 0 Å². The van der Waals surface area contributed by atoms with Crippen molar-refractivity contribution in [2.45, 2.75) is 51.1 Å². The Bertz CT molecular complexity index is 1070. The molecule has 0 unspecified atom stereocenters. The minimum atomic E-state index is 0.337. The lowest BCUT2D eigenvalue weighted by atomic mass is 9.90. The van der Waals surface area contributed by atoms with E-state index in [-0.39, 0.29) is 0 Å². The van der Waals surface area contributed by atoms with Crippen molar-refractivity contribution in [3.8, 4) is 0 Å². The van der Waals surface area contributed by atoms with Crippen LogP contribution in [0.25, 0.3) is 5.65 Å². The highest BCUT2D eigenvalue weighted by atomic mass is 15.2. The Morgan fingerprint density at radius 1 is 0.939 bits per heavy atom. The van der Waals surface area contributed by atoms with Gasteiger partial charge in [0.1, 0.15) is 5.65 Å². The second-order valence-electron chi connectivity index (χ2n) is 9.95. The summed E-state index contributed by atoms with van der Waals surface area (Å²) in [5.41, 5.74) is 6.27. The van der Waals surface area contributed by atoms with Gasteiger partial charge in [0, 0.05) is 44.3 Å². The van der Waals surface area contributed by atoms with Gasteiger partial charge in [-0.15, -0.1) is 0 Å². The average Bonchev–Trinajstić information content (AvgIpc) is 3.19. The van der Waals surface area contributed by atoms with Crippen molar-refractivity contribution < 1.29 is 0 Å². The zero-order chi connectivity index (χ0) is 22.8. The summed E-state index contributed by atoms with van der Waals surface area (Å²) in [5.74, 6) is 0. The molecule has 0 amide bonds. The second kappa shape index (κ2) is 9.92. The van der Waals surface area contributed by atoms with Crippen LogP contribution in [-0.2, 0) is 6.42 Å². The van der Waals surface area contributed by atoms with Crippen LogP contribution in [0.3, 0.4) is 0 Å². The molecular weight excluding hydrogens is 408 g/mol. The van der Waals surface area contributed by atoms with Crippen LogP contribution in [0.2, 0.25) is 0 Å². The number of fused-ring (bicyclic) bond motifs is 1. The predicted octanol–water partition coefficient (Wildman–Crippen LogP) is 4.12. The molecule has 6 nitrogen and oxygen atoms in total. The normalized spacial score (nSPS) is 23.4. The van der Waals surface area contributed by atoms with E-state index in [4.69, 9.17) is 9.97 Å². The number of imidazole rings is 1. The fourth-order valence-electron chi connectivity index (χ4n) is 5.76.